The Morgan fingerprint density at radius 3 is 2.72 bits per heavy atom. The van der Waals surface area contributed by atoms with Crippen LogP contribution in [-0.4, -0.2) is 96.4 Å². The number of amides is 4. The van der Waals surface area contributed by atoms with Gasteiger partial charge in [-0.15, -0.1) is 0 Å². The number of piperidine rings is 1. The number of likely N-dealkylation sites (tertiary alicyclic amines) is 1. The number of nitrogens with one attached hydrogen (secondary N) is 3. The minimum absolute atomic E-state index is 0.0176. The molecule has 2 aromatic carbocycles. The number of aromatic nitrogens is 3. The molecule has 3 aromatic rings. The number of urea groups is 1. The van der Waals surface area contributed by atoms with Crippen LogP contribution in [0.4, 0.5) is 4.79 Å². The quantitative estimate of drug-likeness (QED) is 0.359. The molecule has 2 atom stereocenters. The predicted octanol–water partition coefficient (Wildman–Crippen LogP) is 1.32. The Kier molecular flexibility index (Phi) is 10.0. The average Bonchev–Trinajstić information content (AvgIpc) is 3.51. The fourth-order valence-corrected chi connectivity index (χ4v) is 4.82. The van der Waals surface area contributed by atoms with Gasteiger partial charge in [0.15, 0.2) is 0 Å². The minimum atomic E-state index is -0.472. The van der Waals surface area contributed by atoms with Crippen LogP contribution in [0.5, 0.6) is 17.2 Å². The monoisotopic (exact) mass is 593 g/mol. The molecule has 3 heterocycles. The number of carbonyl (C=O) groups excluding carboxylic acids is 3. The molecule has 0 radical (unpaired) electrons. The second kappa shape index (κ2) is 14.5. The van der Waals surface area contributed by atoms with Crippen LogP contribution >= 0.6 is 0 Å². The van der Waals surface area contributed by atoms with Crippen molar-refractivity contribution in [1.29, 1.82) is 0 Å². The predicted molar refractivity (Wildman–Crippen MR) is 153 cm³/mol. The van der Waals surface area contributed by atoms with E-state index in [-0.39, 0.29) is 56.7 Å². The SMILES string of the molecule is COCCOc1cc2cc(c1)C(=O)NCCNC(=O)N[C@H]1CCN(C(=O)Cn3nccn3)C[C@@H]1OCc1cccc(c1)O2. The third-order valence-electron chi connectivity index (χ3n) is 6.96. The normalized spacial score (nSPS) is 19.4. The van der Waals surface area contributed by atoms with E-state index in [9.17, 15) is 14.4 Å². The Bertz CT molecular complexity index is 1400. The van der Waals surface area contributed by atoms with Gasteiger partial charge in [0.1, 0.15) is 30.4 Å². The lowest BCUT2D eigenvalue weighted by Gasteiger charge is -2.38. The van der Waals surface area contributed by atoms with Crippen molar-refractivity contribution >= 4 is 17.8 Å². The number of hydrogen-bond donors (Lipinski definition) is 3. The van der Waals surface area contributed by atoms with Crippen molar-refractivity contribution < 1.29 is 33.3 Å². The molecule has 1 saturated heterocycles. The number of carbonyl (C=O) groups is 3. The standard InChI is InChI=1S/C29H35N7O7/c1-40-11-12-41-23-14-21-15-24(16-23)43-22-4-2-3-20(13-22)19-42-26-17-35(27(37)18-36-32-8-9-33-36)10-5-25(26)34-29(39)31-7-6-30-28(21)38/h2-4,8-9,13-16,25-26H,5-7,10-12,17-19H2,1H3,(H,30,38)(H2,31,34,39)/t25-,26-/m0/s1. The molecule has 2 aliphatic heterocycles. The highest BCUT2D eigenvalue weighted by Crippen LogP contribution is 2.29. The van der Waals surface area contributed by atoms with Gasteiger partial charge in [-0.25, -0.2) is 4.79 Å². The minimum Gasteiger partial charge on any atom is -0.491 e. The van der Waals surface area contributed by atoms with Crippen molar-refractivity contribution in [2.75, 3.05) is 46.5 Å². The van der Waals surface area contributed by atoms with Crippen LogP contribution in [0.15, 0.2) is 54.9 Å². The molecule has 1 aromatic heterocycles. The highest BCUT2D eigenvalue weighted by Gasteiger charge is 2.33. The molecular formula is C29H35N7O7. The molecule has 14 heteroatoms. The second-order valence-corrected chi connectivity index (χ2v) is 10.1. The molecule has 4 bridgehead atoms. The van der Waals surface area contributed by atoms with Crippen molar-refractivity contribution in [3.63, 3.8) is 0 Å². The topological polar surface area (TPSA) is 158 Å². The molecule has 14 nitrogen and oxygen atoms in total. The van der Waals surface area contributed by atoms with Crippen molar-refractivity contribution in [2.45, 2.75) is 31.7 Å². The summed E-state index contributed by atoms with van der Waals surface area (Å²) in [6, 6.07) is 11.6. The molecule has 43 heavy (non-hydrogen) atoms. The first kappa shape index (κ1) is 29.8. The van der Waals surface area contributed by atoms with Crippen molar-refractivity contribution in [1.82, 2.24) is 35.8 Å². The number of nitrogens with zero attached hydrogens (tertiary/aromatic N) is 4. The first-order chi connectivity index (χ1) is 21.0. The summed E-state index contributed by atoms with van der Waals surface area (Å²) in [5, 5.41) is 16.6. The Hall–Kier alpha value is -4.69. The maximum atomic E-state index is 13.0. The maximum absolute atomic E-state index is 13.0. The molecular weight excluding hydrogens is 558 g/mol. The van der Waals surface area contributed by atoms with Gasteiger partial charge in [0.05, 0.1) is 37.8 Å². The zero-order chi connectivity index (χ0) is 30.0. The first-order valence-corrected chi connectivity index (χ1v) is 14.1. The van der Waals surface area contributed by atoms with Crippen LogP contribution in [0.3, 0.4) is 0 Å². The van der Waals surface area contributed by atoms with Crippen molar-refractivity contribution in [3.05, 3.63) is 66.0 Å². The molecule has 228 valence electrons. The van der Waals surface area contributed by atoms with Gasteiger partial charge >= 0.3 is 6.03 Å². The fraction of sp³-hybridized carbons (Fsp3) is 0.414. The summed E-state index contributed by atoms with van der Waals surface area (Å²) in [5.41, 5.74) is 1.18. The third kappa shape index (κ3) is 8.42. The zero-order valence-electron chi connectivity index (χ0n) is 23.9. The summed E-state index contributed by atoms with van der Waals surface area (Å²) in [5.74, 6) is 0.946. The van der Waals surface area contributed by atoms with E-state index in [4.69, 9.17) is 18.9 Å². The zero-order valence-corrected chi connectivity index (χ0v) is 23.9. The number of rotatable bonds is 6. The average molecular weight is 594 g/mol. The largest absolute Gasteiger partial charge is 0.491 e. The summed E-state index contributed by atoms with van der Waals surface area (Å²) in [7, 11) is 1.58. The molecule has 0 saturated carbocycles. The van der Waals surface area contributed by atoms with E-state index in [1.807, 2.05) is 18.2 Å². The van der Waals surface area contributed by atoms with E-state index in [0.717, 1.165) is 5.56 Å². The third-order valence-corrected chi connectivity index (χ3v) is 6.96. The lowest BCUT2D eigenvalue weighted by Crippen LogP contribution is -2.58. The molecule has 5 rings (SSSR count). The lowest BCUT2D eigenvalue weighted by molar-refractivity contribution is -0.137. The molecule has 2 aliphatic rings. The molecule has 0 spiro atoms. The molecule has 3 N–H and O–H groups in total. The van der Waals surface area contributed by atoms with Crippen LogP contribution in [0.25, 0.3) is 0 Å². The smallest absolute Gasteiger partial charge is 0.315 e. The van der Waals surface area contributed by atoms with Crippen LogP contribution in [0.2, 0.25) is 0 Å². The van der Waals surface area contributed by atoms with Gasteiger partial charge in [0.25, 0.3) is 5.91 Å². The van der Waals surface area contributed by atoms with E-state index >= 15 is 0 Å². The van der Waals surface area contributed by atoms with Gasteiger partial charge in [-0.05, 0) is 36.2 Å². The summed E-state index contributed by atoms with van der Waals surface area (Å²) in [6.45, 7) is 2.07. The van der Waals surface area contributed by atoms with Crippen LogP contribution in [0, 0.1) is 0 Å². The number of fused-ring (bicyclic) bond motifs is 5. The molecule has 1 fully saturated rings. The Labute approximate surface area is 248 Å². The van der Waals surface area contributed by atoms with Gasteiger partial charge in [0, 0.05) is 44.9 Å². The van der Waals surface area contributed by atoms with Crippen molar-refractivity contribution in [2.24, 2.45) is 0 Å². The first-order valence-electron chi connectivity index (χ1n) is 14.1. The van der Waals surface area contributed by atoms with Gasteiger partial charge in [-0.3, -0.25) is 9.59 Å². The summed E-state index contributed by atoms with van der Waals surface area (Å²) >= 11 is 0. The van der Waals surface area contributed by atoms with E-state index in [1.165, 1.54) is 17.2 Å². The van der Waals surface area contributed by atoms with E-state index in [1.54, 1.807) is 36.3 Å². The lowest BCUT2D eigenvalue weighted by atomic mass is 10.0. The summed E-state index contributed by atoms with van der Waals surface area (Å²) in [4.78, 5) is 41.7. The van der Waals surface area contributed by atoms with E-state index in [2.05, 4.69) is 26.1 Å². The van der Waals surface area contributed by atoms with Crippen LogP contribution < -0.4 is 25.4 Å². The Morgan fingerprint density at radius 1 is 1.05 bits per heavy atom. The van der Waals surface area contributed by atoms with Gasteiger partial charge in [-0.1, -0.05) is 12.1 Å². The maximum Gasteiger partial charge on any atom is 0.315 e. The second-order valence-electron chi connectivity index (χ2n) is 10.1. The van der Waals surface area contributed by atoms with Gasteiger partial charge in [0.2, 0.25) is 5.91 Å². The van der Waals surface area contributed by atoms with Gasteiger partial charge < -0.3 is 39.8 Å². The fourth-order valence-electron chi connectivity index (χ4n) is 4.82. The molecule has 4 amide bonds. The van der Waals surface area contributed by atoms with Crippen LogP contribution in [-0.2, 0) is 27.4 Å². The number of ether oxygens (including phenoxy) is 4. The van der Waals surface area contributed by atoms with Crippen LogP contribution in [0.1, 0.15) is 22.3 Å². The Morgan fingerprint density at radius 2 is 1.88 bits per heavy atom. The van der Waals surface area contributed by atoms with Gasteiger partial charge in [-0.2, -0.15) is 15.0 Å². The summed E-state index contributed by atoms with van der Waals surface area (Å²) < 4.78 is 23.3. The van der Waals surface area contributed by atoms with E-state index in [0.29, 0.717) is 49.0 Å². The molecule has 0 aliphatic carbocycles. The summed E-state index contributed by atoms with van der Waals surface area (Å²) in [6.07, 6.45) is 3.07. The Balaban J connectivity index is 1.35. The number of methoxy groups -OCH3 is 1. The highest BCUT2D eigenvalue weighted by molar-refractivity contribution is 5.95. The molecule has 0 unspecified atom stereocenters. The van der Waals surface area contributed by atoms with E-state index < -0.39 is 6.10 Å². The number of hydrogen-bond acceptors (Lipinski definition) is 9. The van der Waals surface area contributed by atoms with Crippen molar-refractivity contribution in [3.8, 4) is 17.2 Å². The highest BCUT2D eigenvalue weighted by atomic mass is 16.5. The number of benzene rings is 2.